The van der Waals surface area contributed by atoms with Gasteiger partial charge >= 0.3 is 5.97 Å². The Bertz CT molecular complexity index is 87.0. The molecule has 2 N–H and O–H groups in total. The minimum absolute atomic E-state index is 0.285. The molecule has 0 aromatic rings. The van der Waals surface area contributed by atoms with Crippen molar-refractivity contribution in [1.82, 2.24) is 0 Å². The minimum atomic E-state index is -0.285. The van der Waals surface area contributed by atoms with Crippen molar-refractivity contribution < 1.29 is 8.98 Å². The van der Waals surface area contributed by atoms with Gasteiger partial charge in [0.05, 0.1) is 0 Å². The van der Waals surface area contributed by atoms with E-state index in [0.717, 1.165) is 12.8 Å². The van der Waals surface area contributed by atoms with Crippen LogP contribution in [0, 0.1) is 0 Å². The number of unbranched alkanes of at least 4 members (excludes halogenated alkanes) is 1. The molecule has 54 valence electrons. The van der Waals surface area contributed by atoms with Crippen LogP contribution in [0.1, 0.15) is 19.3 Å². The van der Waals surface area contributed by atoms with Crippen molar-refractivity contribution in [3.05, 3.63) is 0 Å². The van der Waals surface area contributed by atoms with Crippen molar-refractivity contribution in [3.63, 3.8) is 0 Å². The van der Waals surface area contributed by atoms with E-state index in [-0.39, 0.29) is 5.97 Å². The van der Waals surface area contributed by atoms with Crippen molar-refractivity contribution in [2.45, 2.75) is 19.3 Å². The van der Waals surface area contributed by atoms with Crippen molar-refractivity contribution in [2.75, 3.05) is 6.54 Å². The quantitative estimate of drug-likeness (QED) is 0.348. The van der Waals surface area contributed by atoms with Gasteiger partial charge in [0, 0.05) is 19.3 Å². The zero-order chi connectivity index (χ0) is 7.11. The topological polar surface area (TPSA) is 52.3 Å². The second kappa shape index (κ2) is 5.91. The molecule has 0 spiro atoms. The third-order valence-corrected chi connectivity index (χ3v) is 1.14. The van der Waals surface area contributed by atoms with Gasteiger partial charge in [-0.05, 0) is 19.4 Å². The normalized spacial score (nSPS) is 9.11. The third-order valence-electron chi connectivity index (χ3n) is 0.937. The van der Waals surface area contributed by atoms with E-state index in [9.17, 15) is 4.79 Å². The van der Waals surface area contributed by atoms with Crippen molar-refractivity contribution in [1.29, 1.82) is 0 Å². The van der Waals surface area contributed by atoms with Crippen LogP contribution in [-0.4, -0.2) is 12.5 Å². The summed E-state index contributed by atoms with van der Waals surface area (Å²) in [7, 11) is 0. The molecule has 0 atom stereocenters. The summed E-state index contributed by atoms with van der Waals surface area (Å²) in [6.07, 6.45) is 2.07. The highest BCUT2D eigenvalue weighted by Gasteiger charge is 1.97. The molecule has 0 fully saturated rings. The van der Waals surface area contributed by atoms with Gasteiger partial charge in [-0.25, -0.2) is 0 Å². The molecule has 9 heavy (non-hydrogen) atoms. The number of hydrogen-bond acceptors (Lipinski definition) is 4. The van der Waals surface area contributed by atoms with Gasteiger partial charge in [-0.3, -0.25) is 4.79 Å². The van der Waals surface area contributed by atoms with Gasteiger partial charge in [0.2, 0.25) is 0 Å². The maximum absolute atomic E-state index is 10.3. The molecule has 0 aliphatic heterocycles. The van der Waals surface area contributed by atoms with E-state index in [4.69, 9.17) is 5.73 Å². The fraction of sp³-hybridized carbons (Fsp3) is 0.800. The molecule has 0 radical (unpaired) electrons. The summed E-state index contributed by atoms with van der Waals surface area (Å²) in [5, 5.41) is 0. The molecule has 0 rings (SSSR count). The largest absolute Gasteiger partial charge is 0.395 e. The number of carbonyl (C=O) groups excluding carboxylic acids is 1. The molecule has 0 saturated carbocycles. The van der Waals surface area contributed by atoms with Gasteiger partial charge in [-0.2, -0.15) is 0 Å². The fourth-order valence-corrected chi connectivity index (χ4v) is 0.551. The Morgan fingerprint density at radius 3 is 2.67 bits per heavy atom. The summed E-state index contributed by atoms with van der Waals surface area (Å²) in [5.41, 5.74) is 5.18. The van der Waals surface area contributed by atoms with E-state index in [1.54, 1.807) is 0 Å². The van der Waals surface area contributed by atoms with Crippen molar-refractivity contribution in [3.8, 4) is 0 Å². The Morgan fingerprint density at radius 2 is 2.22 bits per heavy atom. The lowest BCUT2D eigenvalue weighted by atomic mass is 10.2. The smallest absolute Gasteiger partial charge is 0.317 e. The Balaban J connectivity index is 2.97. The molecule has 0 aliphatic carbocycles. The number of hydrogen-bond donors (Lipinski definition) is 2. The van der Waals surface area contributed by atoms with Gasteiger partial charge in [-0.1, -0.05) is 0 Å². The molecule has 0 aromatic heterocycles. The Labute approximate surface area is 60.2 Å². The maximum atomic E-state index is 10.3. The van der Waals surface area contributed by atoms with E-state index in [0.29, 0.717) is 13.0 Å². The van der Waals surface area contributed by atoms with E-state index >= 15 is 0 Å². The first-order valence-electron chi connectivity index (χ1n) is 2.85. The average Bonchev–Trinajstić information content (AvgIpc) is 1.89. The number of rotatable bonds is 4. The summed E-state index contributed by atoms with van der Waals surface area (Å²) in [5.74, 6) is -0.285. The zero-order valence-electron chi connectivity index (χ0n) is 5.17. The molecule has 3 nitrogen and oxygen atoms in total. The van der Waals surface area contributed by atoms with Crippen LogP contribution in [0.2, 0.25) is 0 Å². The van der Waals surface area contributed by atoms with Crippen LogP contribution >= 0.6 is 12.9 Å². The highest BCUT2D eigenvalue weighted by Crippen LogP contribution is 1.96. The molecule has 0 amide bonds. The highest BCUT2D eigenvalue weighted by molar-refractivity contribution is 7.75. The SMILES string of the molecule is NCCCCC(=O)OS. The van der Waals surface area contributed by atoms with Gasteiger partial charge in [0.15, 0.2) is 0 Å². The Morgan fingerprint density at radius 1 is 1.56 bits per heavy atom. The van der Waals surface area contributed by atoms with Crippen molar-refractivity contribution in [2.24, 2.45) is 5.73 Å². The lowest BCUT2D eigenvalue weighted by molar-refractivity contribution is -0.132. The molecule has 0 heterocycles. The van der Waals surface area contributed by atoms with Gasteiger partial charge < -0.3 is 9.92 Å². The van der Waals surface area contributed by atoms with E-state index in [2.05, 4.69) is 17.1 Å². The van der Waals surface area contributed by atoms with Crippen LogP contribution in [0.4, 0.5) is 0 Å². The first-order valence-corrected chi connectivity index (χ1v) is 3.22. The molecule has 0 aliphatic rings. The van der Waals surface area contributed by atoms with Crippen molar-refractivity contribution >= 4 is 18.9 Å². The van der Waals surface area contributed by atoms with Gasteiger partial charge in [0.1, 0.15) is 0 Å². The van der Waals surface area contributed by atoms with Crippen LogP contribution in [0.3, 0.4) is 0 Å². The van der Waals surface area contributed by atoms with Gasteiger partial charge in [0.25, 0.3) is 0 Å². The fourth-order valence-electron chi connectivity index (χ4n) is 0.459. The number of nitrogens with two attached hydrogens (primary N) is 1. The number of carbonyl (C=O) groups is 1. The monoisotopic (exact) mass is 149 g/mol. The van der Waals surface area contributed by atoms with E-state index < -0.39 is 0 Å². The van der Waals surface area contributed by atoms with Crippen LogP contribution < -0.4 is 5.73 Å². The highest BCUT2D eigenvalue weighted by atomic mass is 32.1. The summed E-state index contributed by atoms with van der Waals surface area (Å²) < 4.78 is 4.11. The molecular formula is C5H11NO2S. The molecule has 4 heteroatoms. The lowest BCUT2D eigenvalue weighted by Crippen LogP contribution is -2.01. The first kappa shape index (κ1) is 8.78. The Hall–Kier alpha value is -0.220. The molecule has 0 aromatic carbocycles. The first-order chi connectivity index (χ1) is 4.31. The summed E-state index contributed by atoms with van der Waals surface area (Å²) in [6, 6.07) is 0. The molecule has 0 saturated heterocycles. The van der Waals surface area contributed by atoms with Crippen LogP contribution in [0.15, 0.2) is 0 Å². The maximum Gasteiger partial charge on any atom is 0.317 e. The van der Waals surface area contributed by atoms with E-state index in [1.807, 2.05) is 0 Å². The molecular weight excluding hydrogens is 138 g/mol. The van der Waals surface area contributed by atoms with Crippen LogP contribution in [-0.2, 0) is 8.98 Å². The molecule has 0 bridgehead atoms. The summed E-state index contributed by atoms with van der Waals surface area (Å²) in [6.45, 7) is 0.625. The standard InChI is InChI=1S/C5H11NO2S/c6-4-2-1-3-5(7)8-9/h9H,1-4,6H2. The second-order valence-corrected chi connectivity index (χ2v) is 1.89. The van der Waals surface area contributed by atoms with Gasteiger partial charge in [-0.15, -0.1) is 0 Å². The number of thiol groups is 1. The predicted molar refractivity (Wildman–Crippen MR) is 38.0 cm³/mol. The minimum Gasteiger partial charge on any atom is -0.395 e. The predicted octanol–water partition coefficient (Wildman–Crippen LogP) is 0.503. The Kier molecular flexibility index (Phi) is 5.76. The summed E-state index contributed by atoms with van der Waals surface area (Å²) in [4.78, 5) is 10.3. The second-order valence-electron chi connectivity index (χ2n) is 1.71. The zero-order valence-corrected chi connectivity index (χ0v) is 6.06. The third kappa shape index (κ3) is 5.65. The van der Waals surface area contributed by atoms with E-state index in [1.165, 1.54) is 0 Å². The summed E-state index contributed by atoms with van der Waals surface area (Å²) >= 11 is 3.34. The van der Waals surface area contributed by atoms with Crippen LogP contribution in [0.5, 0.6) is 0 Å². The average molecular weight is 149 g/mol. The molecule has 0 unspecified atom stereocenters. The van der Waals surface area contributed by atoms with Crippen LogP contribution in [0.25, 0.3) is 0 Å². The lowest BCUT2D eigenvalue weighted by Gasteiger charge is -1.94.